The molecule has 1 aliphatic heterocycles. The number of anilines is 2. The highest BCUT2D eigenvalue weighted by atomic mass is 15.4. The van der Waals surface area contributed by atoms with Gasteiger partial charge in [0.1, 0.15) is 0 Å². The van der Waals surface area contributed by atoms with Crippen LogP contribution in [0.3, 0.4) is 0 Å². The maximum atomic E-state index is 4.75. The molecule has 0 aliphatic carbocycles. The van der Waals surface area contributed by atoms with E-state index in [1.807, 2.05) is 24.3 Å². The molecule has 0 saturated carbocycles. The Morgan fingerprint density at radius 2 is 1.26 bits per heavy atom. The van der Waals surface area contributed by atoms with Gasteiger partial charge in [0.2, 0.25) is 6.67 Å². The van der Waals surface area contributed by atoms with Crippen LogP contribution >= 0.6 is 0 Å². The fourth-order valence-electron chi connectivity index (χ4n) is 2.24. The van der Waals surface area contributed by atoms with Gasteiger partial charge in [-0.25, -0.2) is 9.97 Å². The largest absolute Gasteiger partial charge is 0.320 e. The first kappa shape index (κ1) is 12.2. The van der Waals surface area contributed by atoms with Crippen LogP contribution in [0.1, 0.15) is 27.7 Å². The van der Waals surface area contributed by atoms with Crippen LogP contribution in [0.25, 0.3) is 11.0 Å². The van der Waals surface area contributed by atoms with Crippen molar-refractivity contribution in [3.8, 4) is 0 Å². The Balaban J connectivity index is 2.19. The van der Waals surface area contributed by atoms with Gasteiger partial charge in [0, 0.05) is 12.1 Å². The van der Waals surface area contributed by atoms with Crippen LogP contribution in [0.4, 0.5) is 11.6 Å². The van der Waals surface area contributed by atoms with Crippen molar-refractivity contribution in [3.63, 3.8) is 0 Å². The minimum Gasteiger partial charge on any atom is -0.320 e. The molecule has 1 aromatic carbocycles. The zero-order valence-electron chi connectivity index (χ0n) is 11.8. The van der Waals surface area contributed by atoms with Gasteiger partial charge in [0.15, 0.2) is 11.6 Å². The molecule has 0 N–H and O–H groups in total. The molecule has 0 unspecified atom stereocenters. The van der Waals surface area contributed by atoms with Crippen LogP contribution in [0.15, 0.2) is 24.3 Å². The molecule has 0 spiro atoms. The quantitative estimate of drug-likeness (QED) is 0.824. The maximum absolute atomic E-state index is 4.75. The molecule has 0 atom stereocenters. The van der Waals surface area contributed by atoms with E-state index in [-0.39, 0.29) is 0 Å². The average molecular weight is 254 g/mol. The molecule has 3 rings (SSSR count). The van der Waals surface area contributed by atoms with E-state index < -0.39 is 0 Å². The molecule has 0 amide bonds. The van der Waals surface area contributed by atoms with Crippen LogP contribution in [0, 0.1) is 6.67 Å². The number of benzene rings is 1. The molecule has 0 saturated heterocycles. The van der Waals surface area contributed by atoms with Crippen molar-refractivity contribution in [3.05, 3.63) is 30.9 Å². The third-order valence-electron chi connectivity index (χ3n) is 3.24. The molecule has 0 bridgehead atoms. The van der Waals surface area contributed by atoms with Gasteiger partial charge in [-0.15, -0.1) is 0 Å². The molecular formula is C15H18N4. The zero-order chi connectivity index (χ0) is 13.6. The Morgan fingerprint density at radius 1 is 0.842 bits per heavy atom. The molecule has 98 valence electrons. The summed E-state index contributed by atoms with van der Waals surface area (Å²) < 4.78 is 0. The highest BCUT2D eigenvalue weighted by molar-refractivity contribution is 5.84. The normalized spacial score (nSPS) is 14.8. The van der Waals surface area contributed by atoms with Crippen LogP contribution in [-0.2, 0) is 0 Å². The lowest BCUT2D eigenvalue weighted by Crippen LogP contribution is -2.34. The standard InChI is InChI=1S/C15H18N4/c1-10(2)18-9-19(11(3)4)15-14(18)16-12-7-5-6-8-13(12)17-15/h5-8,10-11H,1-4H3. The fraction of sp³-hybridized carbons (Fsp3) is 0.400. The first-order chi connectivity index (χ1) is 9.08. The van der Waals surface area contributed by atoms with Gasteiger partial charge in [0.05, 0.1) is 11.0 Å². The summed E-state index contributed by atoms with van der Waals surface area (Å²) in [5.41, 5.74) is 1.86. The van der Waals surface area contributed by atoms with E-state index in [9.17, 15) is 0 Å². The molecule has 0 fully saturated rings. The monoisotopic (exact) mass is 254 g/mol. The second kappa shape index (κ2) is 4.37. The topological polar surface area (TPSA) is 32.3 Å². The minimum absolute atomic E-state index is 0.318. The summed E-state index contributed by atoms with van der Waals surface area (Å²) in [6, 6.07) is 8.62. The van der Waals surface area contributed by atoms with Gasteiger partial charge in [-0.3, -0.25) is 0 Å². The van der Waals surface area contributed by atoms with E-state index in [1.54, 1.807) is 0 Å². The van der Waals surface area contributed by atoms with E-state index in [2.05, 4.69) is 44.2 Å². The first-order valence-corrected chi connectivity index (χ1v) is 6.69. The predicted molar refractivity (Wildman–Crippen MR) is 78.0 cm³/mol. The third-order valence-corrected chi connectivity index (χ3v) is 3.24. The summed E-state index contributed by atoms with van der Waals surface area (Å²) in [5, 5.41) is 0. The van der Waals surface area contributed by atoms with Gasteiger partial charge in [-0.1, -0.05) is 12.1 Å². The van der Waals surface area contributed by atoms with Crippen LogP contribution in [-0.4, -0.2) is 22.1 Å². The number of hydrogen-bond acceptors (Lipinski definition) is 4. The Kier molecular flexibility index (Phi) is 2.81. The SMILES string of the molecule is CC(C)N1[C]N(C(C)C)c2nc3ccccc3nc21. The molecule has 4 nitrogen and oxygen atoms in total. The van der Waals surface area contributed by atoms with Crippen LogP contribution in [0.2, 0.25) is 0 Å². The smallest absolute Gasteiger partial charge is 0.211 e. The summed E-state index contributed by atoms with van der Waals surface area (Å²) in [6.07, 6.45) is 0. The number of aromatic nitrogens is 2. The summed E-state index contributed by atoms with van der Waals surface area (Å²) in [5.74, 6) is 1.81. The van der Waals surface area contributed by atoms with E-state index >= 15 is 0 Å². The van der Waals surface area contributed by atoms with Gasteiger partial charge in [-0.2, -0.15) is 0 Å². The number of rotatable bonds is 2. The Labute approximate surface area is 114 Å². The van der Waals surface area contributed by atoms with Crippen molar-refractivity contribution >= 4 is 22.7 Å². The number of hydrogen-bond donors (Lipinski definition) is 0. The average Bonchev–Trinajstić information content (AvgIpc) is 2.74. The molecule has 1 aromatic heterocycles. The van der Waals surface area contributed by atoms with E-state index in [1.165, 1.54) is 0 Å². The lowest BCUT2D eigenvalue weighted by molar-refractivity contribution is 0.694. The van der Waals surface area contributed by atoms with Gasteiger partial charge in [0.25, 0.3) is 0 Å². The van der Waals surface area contributed by atoms with Gasteiger partial charge < -0.3 is 9.80 Å². The van der Waals surface area contributed by atoms with Crippen LogP contribution in [0.5, 0.6) is 0 Å². The maximum Gasteiger partial charge on any atom is 0.211 e. The van der Waals surface area contributed by atoms with Crippen molar-refractivity contribution < 1.29 is 0 Å². The highest BCUT2D eigenvalue weighted by Crippen LogP contribution is 2.38. The minimum atomic E-state index is 0.318. The van der Waals surface area contributed by atoms with Crippen molar-refractivity contribution in [2.24, 2.45) is 0 Å². The number of para-hydroxylation sites is 2. The van der Waals surface area contributed by atoms with Crippen molar-refractivity contribution in [2.75, 3.05) is 9.80 Å². The summed E-state index contributed by atoms with van der Waals surface area (Å²) in [7, 11) is 0. The molecule has 2 aromatic rings. The second-order valence-electron chi connectivity index (χ2n) is 5.39. The lowest BCUT2D eigenvalue weighted by Gasteiger charge is -2.23. The predicted octanol–water partition coefficient (Wildman–Crippen LogP) is 3.07. The molecule has 2 heterocycles. The van der Waals surface area contributed by atoms with E-state index in [4.69, 9.17) is 9.97 Å². The fourth-order valence-corrected chi connectivity index (χ4v) is 2.24. The van der Waals surface area contributed by atoms with Crippen LogP contribution < -0.4 is 9.80 Å². The highest BCUT2D eigenvalue weighted by Gasteiger charge is 2.33. The third kappa shape index (κ3) is 1.91. The van der Waals surface area contributed by atoms with Gasteiger partial charge >= 0.3 is 0 Å². The Morgan fingerprint density at radius 3 is 1.63 bits per heavy atom. The molecular weight excluding hydrogens is 236 g/mol. The first-order valence-electron chi connectivity index (χ1n) is 6.69. The number of nitrogens with zero attached hydrogens (tertiary/aromatic N) is 4. The van der Waals surface area contributed by atoms with Crippen molar-refractivity contribution in [1.29, 1.82) is 0 Å². The zero-order valence-corrected chi connectivity index (χ0v) is 11.8. The Bertz CT molecular complexity index is 554. The molecule has 4 heteroatoms. The summed E-state index contributed by atoms with van der Waals surface area (Å²) in [4.78, 5) is 13.6. The van der Waals surface area contributed by atoms with Crippen molar-refractivity contribution in [1.82, 2.24) is 9.97 Å². The summed E-state index contributed by atoms with van der Waals surface area (Å²) >= 11 is 0. The Hall–Kier alpha value is -1.84. The van der Waals surface area contributed by atoms with E-state index in [0.717, 1.165) is 22.7 Å². The molecule has 2 radical (unpaired) electrons. The molecule has 19 heavy (non-hydrogen) atoms. The summed E-state index contributed by atoms with van der Waals surface area (Å²) in [6.45, 7) is 11.9. The number of fused-ring (bicyclic) bond motifs is 2. The van der Waals surface area contributed by atoms with Gasteiger partial charge in [-0.05, 0) is 39.8 Å². The lowest BCUT2D eigenvalue weighted by atomic mass is 10.3. The van der Waals surface area contributed by atoms with Crippen molar-refractivity contribution in [2.45, 2.75) is 39.8 Å². The van der Waals surface area contributed by atoms with E-state index in [0.29, 0.717) is 12.1 Å². The molecule has 1 aliphatic rings. The second-order valence-corrected chi connectivity index (χ2v) is 5.39.